The number of rotatable bonds is 6. The molecule has 3 aromatic rings. The van der Waals surface area contributed by atoms with E-state index in [1.165, 1.54) is 25.0 Å². The number of hydrogen-bond donors (Lipinski definition) is 1. The van der Waals surface area contributed by atoms with Crippen LogP contribution in [-0.4, -0.2) is 82.2 Å². The Labute approximate surface area is 208 Å². The van der Waals surface area contributed by atoms with Gasteiger partial charge in [-0.2, -0.15) is 4.52 Å². The Morgan fingerprint density at radius 3 is 2.43 bits per heavy atom. The number of nitrogens with one attached hydrogen (secondary N) is 1. The molecule has 10 heteroatoms. The van der Waals surface area contributed by atoms with Gasteiger partial charge in [-0.1, -0.05) is 24.2 Å². The minimum absolute atomic E-state index is 0.248. The SMILES string of the molecule is O=C(CN1CCN(c2nn3c(NC4CCCC4)c(-c4ccc(F)cc4)nc3s2)CC1)N1CCCC1. The third kappa shape index (κ3) is 4.73. The second kappa shape index (κ2) is 9.73. The molecule has 2 aliphatic heterocycles. The number of nitrogens with zero attached hydrogens (tertiary/aromatic N) is 6. The van der Waals surface area contributed by atoms with Crippen LogP contribution in [0, 0.1) is 5.82 Å². The molecule has 0 bridgehead atoms. The molecule has 0 atom stereocenters. The normalized spacial score (nSPS) is 19.8. The molecule has 3 aliphatic rings. The van der Waals surface area contributed by atoms with E-state index in [2.05, 4.69) is 15.1 Å². The van der Waals surface area contributed by atoms with E-state index in [1.54, 1.807) is 23.5 Å². The highest BCUT2D eigenvalue weighted by molar-refractivity contribution is 7.20. The first-order chi connectivity index (χ1) is 17.1. The van der Waals surface area contributed by atoms with E-state index in [0.717, 1.165) is 92.1 Å². The number of anilines is 2. The first-order valence-electron chi connectivity index (χ1n) is 12.8. The van der Waals surface area contributed by atoms with E-state index in [9.17, 15) is 9.18 Å². The standard InChI is InChI=1S/C25H32FN7OS/c26-19-9-7-18(8-10-19)22-23(27-20-5-1-2-6-20)33-24(28-22)35-25(29-33)32-15-13-30(14-16-32)17-21(34)31-11-3-4-12-31/h7-10,20,27H,1-6,11-17H2. The van der Waals surface area contributed by atoms with Gasteiger partial charge in [0, 0.05) is 50.9 Å². The molecule has 2 saturated heterocycles. The summed E-state index contributed by atoms with van der Waals surface area (Å²) in [5, 5.41) is 9.62. The molecule has 186 valence electrons. The lowest BCUT2D eigenvalue weighted by Crippen LogP contribution is -2.49. The fourth-order valence-corrected chi connectivity index (χ4v) is 6.38. The number of likely N-dealkylation sites (tertiary alicyclic amines) is 1. The summed E-state index contributed by atoms with van der Waals surface area (Å²) < 4.78 is 15.5. The van der Waals surface area contributed by atoms with Crippen LogP contribution in [0.5, 0.6) is 0 Å². The van der Waals surface area contributed by atoms with Crippen molar-refractivity contribution in [3.63, 3.8) is 0 Å². The molecule has 3 fully saturated rings. The van der Waals surface area contributed by atoms with Crippen LogP contribution in [0.3, 0.4) is 0 Å². The van der Waals surface area contributed by atoms with Crippen molar-refractivity contribution in [1.29, 1.82) is 0 Å². The Balaban J connectivity index is 1.19. The van der Waals surface area contributed by atoms with Gasteiger partial charge in [0.15, 0.2) is 5.82 Å². The number of halogens is 1. The van der Waals surface area contributed by atoms with Gasteiger partial charge in [-0.05, 0) is 49.9 Å². The summed E-state index contributed by atoms with van der Waals surface area (Å²) in [5.74, 6) is 0.914. The van der Waals surface area contributed by atoms with Crippen molar-refractivity contribution in [2.75, 3.05) is 56.0 Å². The lowest BCUT2D eigenvalue weighted by atomic mass is 10.1. The van der Waals surface area contributed by atoms with E-state index < -0.39 is 0 Å². The Morgan fingerprint density at radius 1 is 1.00 bits per heavy atom. The van der Waals surface area contributed by atoms with Crippen LogP contribution >= 0.6 is 11.3 Å². The zero-order valence-electron chi connectivity index (χ0n) is 20.0. The topological polar surface area (TPSA) is 69.0 Å². The summed E-state index contributed by atoms with van der Waals surface area (Å²) in [7, 11) is 0. The smallest absolute Gasteiger partial charge is 0.236 e. The van der Waals surface area contributed by atoms with Crippen molar-refractivity contribution in [3.05, 3.63) is 30.1 Å². The largest absolute Gasteiger partial charge is 0.365 e. The Hall–Kier alpha value is -2.72. The van der Waals surface area contributed by atoms with Gasteiger partial charge in [0.25, 0.3) is 0 Å². The third-order valence-corrected chi connectivity index (χ3v) is 8.44. The fourth-order valence-electron chi connectivity index (χ4n) is 5.42. The predicted octanol–water partition coefficient (Wildman–Crippen LogP) is 3.70. The van der Waals surface area contributed by atoms with E-state index in [1.807, 2.05) is 9.42 Å². The van der Waals surface area contributed by atoms with Crippen LogP contribution in [-0.2, 0) is 4.79 Å². The van der Waals surface area contributed by atoms with Crippen molar-refractivity contribution in [3.8, 4) is 11.3 Å². The molecule has 1 N–H and O–H groups in total. The second-order valence-electron chi connectivity index (χ2n) is 9.87. The first-order valence-corrected chi connectivity index (χ1v) is 13.6. The molecule has 1 amide bonds. The molecule has 0 radical (unpaired) electrons. The lowest BCUT2D eigenvalue weighted by Gasteiger charge is -2.34. The second-order valence-corrected chi connectivity index (χ2v) is 10.8. The molecule has 1 saturated carbocycles. The van der Waals surface area contributed by atoms with Gasteiger partial charge in [0.05, 0.1) is 6.54 Å². The van der Waals surface area contributed by atoms with Gasteiger partial charge in [-0.3, -0.25) is 9.69 Å². The van der Waals surface area contributed by atoms with Crippen molar-refractivity contribution in [2.45, 2.75) is 44.6 Å². The summed E-state index contributed by atoms with van der Waals surface area (Å²) in [6.07, 6.45) is 7.02. The maximum atomic E-state index is 13.5. The fraction of sp³-hybridized carbons (Fsp3) is 0.560. The molecule has 0 spiro atoms. The Kier molecular flexibility index (Phi) is 6.32. The average molecular weight is 498 g/mol. The number of fused-ring (bicyclic) bond motifs is 1. The summed E-state index contributed by atoms with van der Waals surface area (Å²) in [5.41, 5.74) is 1.72. The van der Waals surface area contributed by atoms with Crippen molar-refractivity contribution in [2.24, 2.45) is 0 Å². The van der Waals surface area contributed by atoms with Crippen LogP contribution in [0.15, 0.2) is 24.3 Å². The number of carbonyl (C=O) groups excluding carboxylic acids is 1. The van der Waals surface area contributed by atoms with Crippen molar-refractivity contribution < 1.29 is 9.18 Å². The summed E-state index contributed by atoms with van der Waals surface area (Å²) in [4.78, 5) is 24.8. The highest BCUT2D eigenvalue weighted by Crippen LogP contribution is 2.35. The van der Waals surface area contributed by atoms with Crippen molar-refractivity contribution in [1.82, 2.24) is 24.4 Å². The summed E-state index contributed by atoms with van der Waals surface area (Å²) >= 11 is 1.59. The number of benzene rings is 1. The first kappa shape index (κ1) is 22.7. The quantitative estimate of drug-likeness (QED) is 0.560. The predicted molar refractivity (Wildman–Crippen MR) is 137 cm³/mol. The highest BCUT2D eigenvalue weighted by Gasteiger charge is 2.27. The van der Waals surface area contributed by atoms with E-state index in [4.69, 9.17) is 10.1 Å². The van der Waals surface area contributed by atoms with Gasteiger partial charge >= 0.3 is 0 Å². The maximum absolute atomic E-state index is 13.5. The van der Waals surface area contributed by atoms with Crippen LogP contribution in [0.4, 0.5) is 15.3 Å². The van der Waals surface area contributed by atoms with E-state index in [-0.39, 0.29) is 11.7 Å². The zero-order chi connectivity index (χ0) is 23.8. The number of amides is 1. The highest BCUT2D eigenvalue weighted by atomic mass is 32.1. The minimum atomic E-state index is -0.248. The molecular formula is C25H32FN7OS. The number of aromatic nitrogens is 3. The third-order valence-electron chi connectivity index (χ3n) is 7.47. The molecule has 1 aromatic carbocycles. The van der Waals surface area contributed by atoms with E-state index in [0.29, 0.717) is 12.6 Å². The van der Waals surface area contributed by atoms with Gasteiger partial charge < -0.3 is 15.1 Å². The zero-order valence-corrected chi connectivity index (χ0v) is 20.8. The molecule has 1 aliphatic carbocycles. The van der Waals surface area contributed by atoms with Gasteiger partial charge in [0.2, 0.25) is 16.0 Å². The van der Waals surface area contributed by atoms with Crippen LogP contribution in [0.2, 0.25) is 0 Å². The Morgan fingerprint density at radius 2 is 1.71 bits per heavy atom. The van der Waals surface area contributed by atoms with Crippen molar-refractivity contribution >= 4 is 33.2 Å². The van der Waals surface area contributed by atoms with Crippen LogP contribution in [0.25, 0.3) is 16.2 Å². The van der Waals surface area contributed by atoms with Crippen LogP contribution < -0.4 is 10.2 Å². The molecule has 2 aromatic heterocycles. The molecule has 4 heterocycles. The molecule has 35 heavy (non-hydrogen) atoms. The summed E-state index contributed by atoms with van der Waals surface area (Å²) in [6, 6.07) is 6.94. The molecule has 0 unspecified atom stereocenters. The number of carbonyl (C=O) groups is 1. The monoisotopic (exact) mass is 497 g/mol. The lowest BCUT2D eigenvalue weighted by molar-refractivity contribution is -0.131. The van der Waals surface area contributed by atoms with Crippen LogP contribution in [0.1, 0.15) is 38.5 Å². The van der Waals surface area contributed by atoms with Gasteiger partial charge in [0.1, 0.15) is 11.5 Å². The minimum Gasteiger partial charge on any atom is -0.365 e. The van der Waals surface area contributed by atoms with E-state index >= 15 is 0 Å². The number of piperazine rings is 1. The Bertz CT molecular complexity index is 1170. The molecular weight excluding hydrogens is 465 g/mol. The number of imidazole rings is 1. The summed E-state index contributed by atoms with van der Waals surface area (Å²) in [6.45, 7) is 5.75. The number of hydrogen-bond acceptors (Lipinski definition) is 7. The molecule has 8 nitrogen and oxygen atoms in total. The van der Waals surface area contributed by atoms with Gasteiger partial charge in [-0.25, -0.2) is 9.37 Å². The average Bonchev–Trinajstić information content (AvgIpc) is 3.67. The van der Waals surface area contributed by atoms with Gasteiger partial charge in [-0.15, -0.1) is 5.10 Å². The molecule has 6 rings (SSSR count). The maximum Gasteiger partial charge on any atom is 0.236 e.